The van der Waals surface area contributed by atoms with Gasteiger partial charge in [0.15, 0.2) is 0 Å². The van der Waals surface area contributed by atoms with Crippen molar-refractivity contribution in [1.29, 1.82) is 0 Å². The van der Waals surface area contributed by atoms with Crippen LogP contribution in [0.25, 0.3) is 10.9 Å². The van der Waals surface area contributed by atoms with Gasteiger partial charge in [-0.2, -0.15) is 4.31 Å². The fourth-order valence-electron chi connectivity index (χ4n) is 3.52. The minimum absolute atomic E-state index is 0.121. The minimum atomic E-state index is -3.64. The van der Waals surface area contributed by atoms with E-state index in [0.29, 0.717) is 44.8 Å². The Bertz CT molecular complexity index is 1150. The summed E-state index contributed by atoms with van der Waals surface area (Å²) in [6.45, 7) is 1.81. The van der Waals surface area contributed by atoms with Crippen LogP contribution in [-0.2, 0) is 21.2 Å². The predicted molar refractivity (Wildman–Crippen MR) is 114 cm³/mol. The molecular formula is C22H23N3O4S. The molecular weight excluding hydrogens is 402 g/mol. The first-order chi connectivity index (χ1) is 14.6. The molecule has 0 radical (unpaired) electrons. The number of nitrogens with zero attached hydrogens (tertiary/aromatic N) is 2. The van der Waals surface area contributed by atoms with Crippen LogP contribution in [0.3, 0.4) is 0 Å². The van der Waals surface area contributed by atoms with Gasteiger partial charge < -0.3 is 10.1 Å². The van der Waals surface area contributed by atoms with E-state index in [1.807, 2.05) is 30.3 Å². The number of hydrogen-bond acceptors (Lipinski definition) is 5. The standard InChI is InChI=1S/C22H23N3O4S/c26-22(24-11-9-18-5-1-4-17-7-3-10-23-21(17)18)19-6-2-8-20(16-19)30(27,28)25-12-14-29-15-13-25/h1-8,10,16H,9,11-15H2,(H,24,26). The largest absolute Gasteiger partial charge is 0.379 e. The molecule has 0 atom stereocenters. The number of para-hydroxylation sites is 1. The molecule has 0 unspecified atom stereocenters. The fourth-order valence-corrected chi connectivity index (χ4v) is 4.97. The van der Waals surface area contributed by atoms with Gasteiger partial charge in [-0.05, 0) is 36.2 Å². The molecule has 0 saturated carbocycles. The highest BCUT2D eigenvalue weighted by Gasteiger charge is 2.26. The van der Waals surface area contributed by atoms with Gasteiger partial charge in [-0.15, -0.1) is 0 Å². The van der Waals surface area contributed by atoms with Crippen molar-refractivity contribution in [3.63, 3.8) is 0 Å². The third-order valence-corrected chi connectivity index (χ3v) is 6.99. The zero-order valence-corrected chi connectivity index (χ0v) is 17.3. The molecule has 1 aromatic heterocycles. The topological polar surface area (TPSA) is 88.6 Å². The van der Waals surface area contributed by atoms with Gasteiger partial charge in [-0.1, -0.05) is 30.3 Å². The summed E-state index contributed by atoms with van der Waals surface area (Å²) in [5.41, 5.74) is 2.30. The van der Waals surface area contributed by atoms with Crippen LogP contribution in [-0.4, -0.2) is 56.5 Å². The van der Waals surface area contributed by atoms with Gasteiger partial charge in [0.1, 0.15) is 0 Å². The van der Waals surface area contributed by atoms with Crippen molar-refractivity contribution in [3.8, 4) is 0 Å². The Morgan fingerprint density at radius 2 is 1.83 bits per heavy atom. The number of rotatable bonds is 6. The molecule has 1 saturated heterocycles. The van der Waals surface area contributed by atoms with Crippen molar-refractivity contribution in [3.05, 3.63) is 71.9 Å². The lowest BCUT2D eigenvalue weighted by atomic mass is 10.1. The number of nitrogens with one attached hydrogen (secondary N) is 1. The maximum Gasteiger partial charge on any atom is 0.251 e. The molecule has 0 spiro atoms. The van der Waals surface area contributed by atoms with E-state index in [9.17, 15) is 13.2 Å². The smallest absolute Gasteiger partial charge is 0.251 e. The molecule has 1 aliphatic heterocycles. The molecule has 4 rings (SSSR count). The van der Waals surface area contributed by atoms with Gasteiger partial charge in [-0.3, -0.25) is 9.78 Å². The summed E-state index contributed by atoms with van der Waals surface area (Å²) < 4.78 is 32.3. The summed E-state index contributed by atoms with van der Waals surface area (Å²) in [5, 5.41) is 3.93. The Kier molecular flexibility index (Phi) is 6.08. The molecule has 2 heterocycles. The number of carbonyl (C=O) groups is 1. The average Bonchev–Trinajstić information content (AvgIpc) is 2.80. The normalized spacial score (nSPS) is 15.2. The minimum Gasteiger partial charge on any atom is -0.379 e. The third kappa shape index (κ3) is 4.35. The van der Waals surface area contributed by atoms with Gasteiger partial charge >= 0.3 is 0 Å². The first-order valence-corrected chi connectivity index (χ1v) is 11.3. The van der Waals surface area contributed by atoms with E-state index in [0.717, 1.165) is 16.5 Å². The molecule has 1 aliphatic rings. The molecule has 7 nitrogen and oxygen atoms in total. The summed E-state index contributed by atoms with van der Waals surface area (Å²) in [6, 6.07) is 16.0. The highest BCUT2D eigenvalue weighted by molar-refractivity contribution is 7.89. The molecule has 0 bridgehead atoms. The van der Waals surface area contributed by atoms with E-state index in [4.69, 9.17) is 4.74 Å². The number of pyridine rings is 1. The van der Waals surface area contributed by atoms with Crippen molar-refractivity contribution in [2.75, 3.05) is 32.8 Å². The maximum atomic E-state index is 12.8. The van der Waals surface area contributed by atoms with E-state index in [1.165, 1.54) is 16.4 Å². The quantitative estimate of drug-likeness (QED) is 0.654. The second-order valence-electron chi connectivity index (χ2n) is 7.04. The third-order valence-electron chi connectivity index (χ3n) is 5.10. The number of amides is 1. The first kappa shape index (κ1) is 20.5. The molecule has 2 aromatic carbocycles. The Morgan fingerprint density at radius 3 is 2.67 bits per heavy atom. The second kappa shape index (κ2) is 8.91. The van der Waals surface area contributed by atoms with Crippen LogP contribution in [0.5, 0.6) is 0 Å². The van der Waals surface area contributed by atoms with Gasteiger partial charge in [0.05, 0.1) is 23.6 Å². The summed E-state index contributed by atoms with van der Waals surface area (Å²) in [4.78, 5) is 17.1. The molecule has 156 valence electrons. The van der Waals surface area contributed by atoms with Gasteiger partial charge in [0.2, 0.25) is 10.0 Å². The van der Waals surface area contributed by atoms with E-state index in [2.05, 4.69) is 10.3 Å². The molecule has 1 amide bonds. The predicted octanol–water partition coefficient (Wildman–Crippen LogP) is 2.23. The van der Waals surface area contributed by atoms with Gasteiger partial charge in [0.25, 0.3) is 5.91 Å². The molecule has 1 N–H and O–H groups in total. The highest BCUT2D eigenvalue weighted by atomic mass is 32.2. The highest BCUT2D eigenvalue weighted by Crippen LogP contribution is 2.19. The lowest BCUT2D eigenvalue weighted by molar-refractivity contribution is 0.0730. The number of carbonyl (C=O) groups excluding carboxylic acids is 1. The zero-order chi connectivity index (χ0) is 21.0. The number of hydrogen-bond donors (Lipinski definition) is 1. The number of fused-ring (bicyclic) bond motifs is 1. The van der Waals surface area contributed by atoms with E-state index in [-0.39, 0.29) is 10.8 Å². The van der Waals surface area contributed by atoms with Crippen LogP contribution < -0.4 is 5.32 Å². The van der Waals surface area contributed by atoms with Crippen LogP contribution in [0, 0.1) is 0 Å². The van der Waals surface area contributed by atoms with Crippen LogP contribution in [0.15, 0.2) is 65.7 Å². The average molecular weight is 426 g/mol. The van der Waals surface area contributed by atoms with Crippen molar-refractivity contribution in [1.82, 2.24) is 14.6 Å². The van der Waals surface area contributed by atoms with Gasteiger partial charge in [-0.25, -0.2) is 8.42 Å². The van der Waals surface area contributed by atoms with Gasteiger partial charge in [0, 0.05) is 36.8 Å². The zero-order valence-electron chi connectivity index (χ0n) is 16.5. The monoisotopic (exact) mass is 425 g/mol. The number of aromatic nitrogens is 1. The summed E-state index contributed by atoms with van der Waals surface area (Å²) in [7, 11) is -3.64. The number of ether oxygens (including phenoxy) is 1. The lowest BCUT2D eigenvalue weighted by Crippen LogP contribution is -2.40. The maximum absolute atomic E-state index is 12.8. The summed E-state index contributed by atoms with van der Waals surface area (Å²) in [6.07, 6.45) is 2.39. The molecule has 8 heteroatoms. The van der Waals surface area contributed by atoms with Crippen molar-refractivity contribution in [2.24, 2.45) is 0 Å². The first-order valence-electron chi connectivity index (χ1n) is 9.84. The Balaban J connectivity index is 1.43. The SMILES string of the molecule is O=C(NCCc1cccc2cccnc12)c1cccc(S(=O)(=O)N2CCOCC2)c1. The number of benzene rings is 2. The van der Waals surface area contributed by atoms with Crippen molar-refractivity contribution >= 4 is 26.8 Å². The molecule has 1 fully saturated rings. The van der Waals surface area contributed by atoms with E-state index in [1.54, 1.807) is 18.3 Å². The second-order valence-corrected chi connectivity index (χ2v) is 8.98. The summed E-state index contributed by atoms with van der Waals surface area (Å²) >= 11 is 0. The molecule has 3 aromatic rings. The van der Waals surface area contributed by atoms with Crippen LogP contribution in [0.2, 0.25) is 0 Å². The van der Waals surface area contributed by atoms with Crippen LogP contribution in [0.1, 0.15) is 15.9 Å². The van der Waals surface area contributed by atoms with Crippen molar-refractivity contribution < 1.29 is 17.9 Å². The Morgan fingerprint density at radius 1 is 1.07 bits per heavy atom. The van der Waals surface area contributed by atoms with Crippen LogP contribution in [0.4, 0.5) is 0 Å². The molecule has 0 aliphatic carbocycles. The van der Waals surface area contributed by atoms with E-state index >= 15 is 0 Å². The lowest BCUT2D eigenvalue weighted by Gasteiger charge is -2.26. The fraction of sp³-hybridized carbons (Fsp3) is 0.273. The molecule has 30 heavy (non-hydrogen) atoms. The van der Waals surface area contributed by atoms with E-state index < -0.39 is 10.0 Å². The van der Waals surface area contributed by atoms with Crippen LogP contribution >= 0.6 is 0 Å². The summed E-state index contributed by atoms with van der Waals surface area (Å²) in [5.74, 6) is -0.303. The Labute approximate surface area is 175 Å². The number of sulfonamides is 1. The Hall–Kier alpha value is -2.81. The number of morpholine rings is 1. The van der Waals surface area contributed by atoms with Crippen molar-refractivity contribution in [2.45, 2.75) is 11.3 Å².